The summed E-state index contributed by atoms with van der Waals surface area (Å²) in [6.07, 6.45) is -8.76. The Morgan fingerprint density at radius 3 is 2.35 bits per heavy atom. The summed E-state index contributed by atoms with van der Waals surface area (Å²) in [7, 11) is 0. The monoisotopic (exact) mass is 320 g/mol. The van der Waals surface area contributed by atoms with Crippen molar-refractivity contribution < 1.29 is 36.4 Å². The van der Waals surface area contributed by atoms with Crippen molar-refractivity contribution in [3.8, 4) is 5.75 Å². The second-order valence-electron chi connectivity index (χ2n) is 3.11. The highest BCUT2D eigenvalue weighted by Crippen LogP contribution is 2.40. The molecule has 0 aliphatic carbocycles. The van der Waals surface area contributed by atoms with E-state index in [9.17, 15) is 36.9 Å². The number of halogens is 6. The zero-order chi connectivity index (χ0) is 15.7. The number of nitro groups is 1. The third-order valence-electron chi connectivity index (χ3n) is 1.85. The molecule has 0 radical (unpaired) electrons. The summed E-state index contributed by atoms with van der Waals surface area (Å²) in [5.74, 6) is -1.73. The van der Waals surface area contributed by atoms with Crippen molar-refractivity contribution in [3.63, 3.8) is 0 Å². The van der Waals surface area contributed by atoms with Gasteiger partial charge in [-0.3, -0.25) is 14.9 Å². The van der Waals surface area contributed by atoms with Crippen LogP contribution in [0.4, 0.5) is 27.6 Å². The van der Waals surface area contributed by atoms with Gasteiger partial charge in [0.25, 0.3) is 11.7 Å². The minimum Gasteiger partial charge on any atom is -0.397 e. The molecule has 0 spiro atoms. The van der Waals surface area contributed by atoms with E-state index in [0.29, 0.717) is 0 Å². The number of aromatic nitrogens is 1. The molecule has 1 rings (SSSR count). The van der Waals surface area contributed by atoms with Gasteiger partial charge in [0.2, 0.25) is 5.75 Å². The molecule has 12 heteroatoms. The molecule has 1 heterocycles. The Labute approximate surface area is 111 Å². The van der Waals surface area contributed by atoms with Gasteiger partial charge < -0.3 is 4.74 Å². The van der Waals surface area contributed by atoms with Crippen molar-refractivity contribution in [1.82, 2.24) is 4.98 Å². The lowest BCUT2D eigenvalue weighted by Gasteiger charge is -2.12. The van der Waals surface area contributed by atoms with E-state index in [0.717, 1.165) is 0 Å². The Hall–Kier alpha value is -2.04. The summed E-state index contributed by atoms with van der Waals surface area (Å²) in [5.41, 5.74) is -4.50. The van der Waals surface area contributed by atoms with E-state index in [4.69, 9.17) is 11.6 Å². The largest absolute Gasteiger partial charge is 0.573 e. The maximum atomic E-state index is 12.5. The lowest BCUT2D eigenvalue weighted by molar-refractivity contribution is -0.390. The highest BCUT2D eigenvalue weighted by Gasteiger charge is 2.40. The van der Waals surface area contributed by atoms with Crippen LogP contribution < -0.4 is 4.74 Å². The van der Waals surface area contributed by atoms with Crippen LogP contribution in [0.25, 0.3) is 0 Å². The van der Waals surface area contributed by atoms with Crippen LogP contribution in [-0.2, 0) is 0 Å². The fraction of sp³-hybridized carbons (Fsp3) is 0.250. The van der Waals surface area contributed by atoms with E-state index in [-0.39, 0.29) is 6.20 Å². The van der Waals surface area contributed by atoms with E-state index in [2.05, 4.69) is 9.72 Å². The van der Waals surface area contributed by atoms with E-state index in [1.165, 1.54) is 0 Å². The van der Waals surface area contributed by atoms with Crippen molar-refractivity contribution in [1.29, 1.82) is 0 Å². The van der Waals surface area contributed by atoms with Gasteiger partial charge in [-0.15, -0.1) is 13.2 Å². The van der Waals surface area contributed by atoms with Gasteiger partial charge in [-0.1, -0.05) is 0 Å². The highest BCUT2D eigenvalue weighted by molar-refractivity contribution is 6.68. The van der Waals surface area contributed by atoms with Crippen molar-refractivity contribution in [2.45, 2.75) is 12.8 Å². The molecule has 1 aromatic rings. The van der Waals surface area contributed by atoms with Gasteiger partial charge in [-0.25, -0.2) is 13.8 Å². The molecule has 0 saturated carbocycles. The quantitative estimate of drug-likeness (QED) is 0.368. The van der Waals surface area contributed by atoms with Crippen molar-refractivity contribution in [3.05, 3.63) is 27.6 Å². The molecule has 0 saturated heterocycles. The van der Waals surface area contributed by atoms with Gasteiger partial charge in [-0.05, 0) is 11.6 Å². The first kappa shape index (κ1) is 16.0. The van der Waals surface area contributed by atoms with Crippen LogP contribution in [-0.4, -0.2) is 21.5 Å². The minimum atomic E-state index is -5.45. The average Bonchev–Trinajstić information content (AvgIpc) is 2.24. The molecule has 1 aromatic heterocycles. The van der Waals surface area contributed by atoms with Crippen LogP contribution in [0.1, 0.15) is 22.5 Å². The summed E-state index contributed by atoms with van der Waals surface area (Å²) in [6.45, 7) is 0. The zero-order valence-electron chi connectivity index (χ0n) is 8.95. The molecular weight excluding hydrogens is 319 g/mol. The Morgan fingerprint density at radius 2 is 2.00 bits per heavy atom. The number of pyridine rings is 1. The van der Waals surface area contributed by atoms with Crippen LogP contribution in [0, 0.1) is 10.1 Å². The maximum absolute atomic E-state index is 12.5. The molecule has 110 valence electrons. The summed E-state index contributed by atoms with van der Waals surface area (Å²) in [5, 5.41) is 9.06. The lowest BCUT2D eigenvalue weighted by atomic mass is 10.2. The Bertz CT molecular complexity index is 563. The number of carbonyl (C=O) groups is 1. The Kier molecular flexibility index (Phi) is 4.43. The topological polar surface area (TPSA) is 82.3 Å². The number of alkyl halides is 5. The fourth-order valence-electron chi connectivity index (χ4n) is 1.19. The van der Waals surface area contributed by atoms with Crippen LogP contribution in [0.3, 0.4) is 0 Å². The van der Waals surface area contributed by atoms with E-state index in [1.54, 1.807) is 0 Å². The van der Waals surface area contributed by atoms with Crippen molar-refractivity contribution >= 4 is 22.5 Å². The van der Waals surface area contributed by atoms with E-state index < -0.39 is 45.6 Å². The predicted molar refractivity (Wildman–Crippen MR) is 52.7 cm³/mol. The molecule has 0 unspecified atom stereocenters. The number of rotatable bonds is 4. The molecule has 0 atom stereocenters. The normalized spacial score (nSPS) is 11.6. The molecule has 0 aromatic carbocycles. The first-order valence-electron chi connectivity index (χ1n) is 4.45. The minimum absolute atomic E-state index is 0.241. The van der Waals surface area contributed by atoms with Gasteiger partial charge in [-0.2, -0.15) is 0 Å². The third-order valence-corrected chi connectivity index (χ3v) is 2.06. The summed E-state index contributed by atoms with van der Waals surface area (Å²) >= 11 is 4.91. The molecule has 0 N–H and O–H groups in total. The number of carbonyl (C=O) groups excluding carboxylic acids is 1. The predicted octanol–water partition coefficient (Wildman–Crippen LogP) is 3.21. The Balaban J connectivity index is 3.65. The first-order chi connectivity index (χ1) is 9.04. The Morgan fingerprint density at radius 1 is 1.45 bits per heavy atom. The highest BCUT2D eigenvalue weighted by atomic mass is 35.5. The molecule has 0 amide bonds. The third kappa shape index (κ3) is 3.50. The number of hydrogen-bond donors (Lipinski definition) is 0. The SMILES string of the molecule is O=C(Cl)c1cnc(C(F)F)c([N+](=O)[O-])c1OC(F)(F)F. The molecule has 6 nitrogen and oxygen atoms in total. The summed E-state index contributed by atoms with van der Waals surface area (Å²) in [6, 6.07) is 0. The molecule has 0 aliphatic rings. The van der Waals surface area contributed by atoms with Gasteiger partial charge >= 0.3 is 12.0 Å². The van der Waals surface area contributed by atoms with Crippen LogP contribution in [0.2, 0.25) is 0 Å². The van der Waals surface area contributed by atoms with Crippen LogP contribution >= 0.6 is 11.6 Å². The summed E-state index contributed by atoms with van der Waals surface area (Å²) in [4.78, 5) is 22.8. The number of nitrogens with zero attached hydrogens (tertiary/aromatic N) is 2. The molecule has 0 bridgehead atoms. The fourth-order valence-corrected chi connectivity index (χ4v) is 1.33. The van der Waals surface area contributed by atoms with Gasteiger partial charge in [0.1, 0.15) is 5.56 Å². The van der Waals surface area contributed by atoms with Gasteiger partial charge in [0.15, 0.2) is 5.69 Å². The van der Waals surface area contributed by atoms with E-state index >= 15 is 0 Å². The molecule has 20 heavy (non-hydrogen) atoms. The summed E-state index contributed by atoms with van der Waals surface area (Å²) < 4.78 is 64.7. The first-order valence-corrected chi connectivity index (χ1v) is 4.83. The maximum Gasteiger partial charge on any atom is 0.573 e. The number of ether oxygens (including phenoxy) is 1. The van der Waals surface area contributed by atoms with Crippen LogP contribution in [0.5, 0.6) is 5.75 Å². The number of hydrogen-bond acceptors (Lipinski definition) is 5. The molecular formula is C8H2ClF5N2O4. The van der Waals surface area contributed by atoms with Gasteiger partial charge in [0.05, 0.1) is 4.92 Å². The average molecular weight is 321 g/mol. The van der Waals surface area contributed by atoms with E-state index in [1.807, 2.05) is 0 Å². The molecule has 0 fully saturated rings. The second kappa shape index (κ2) is 5.53. The van der Waals surface area contributed by atoms with Gasteiger partial charge in [0, 0.05) is 6.20 Å². The van der Waals surface area contributed by atoms with Crippen molar-refractivity contribution in [2.24, 2.45) is 0 Å². The van der Waals surface area contributed by atoms with Crippen molar-refractivity contribution in [2.75, 3.05) is 0 Å². The standard InChI is InChI=1S/C8H2ClF5N2O4/c9-6(17)2-1-15-3(7(10)11)4(16(18)19)5(2)20-8(12,13)14/h1,7H. The zero-order valence-corrected chi connectivity index (χ0v) is 9.71. The smallest absolute Gasteiger partial charge is 0.397 e. The molecule has 0 aliphatic heterocycles. The lowest BCUT2D eigenvalue weighted by Crippen LogP contribution is -2.20. The van der Waals surface area contributed by atoms with Crippen LogP contribution in [0.15, 0.2) is 6.20 Å². The second-order valence-corrected chi connectivity index (χ2v) is 3.46.